The number of carbonyl (C=O) groups excluding carboxylic acids is 2. The maximum Gasteiger partial charge on any atom is 0.338 e. The van der Waals surface area contributed by atoms with Crippen LogP contribution in [-0.2, 0) is 19.1 Å². The SMILES string of the molecule is COCCNC(=O)CC1=CSC2=NC(C)=C(C(=O)OC(C)C)[C@H](c3ccc(OC)cc3OC)N12. The first-order valence-corrected chi connectivity index (χ1v) is 11.8. The Hall–Kier alpha value is -2.98. The molecule has 0 aliphatic carbocycles. The highest BCUT2D eigenvalue weighted by Crippen LogP contribution is 2.47. The fraction of sp³-hybridized carbons (Fsp3) is 0.458. The van der Waals surface area contributed by atoms with Gasteiger partial charge >= 0.3 is 5.97 Å². The van der Waals surface area contributed by atoms with Crippen molar-refractivity contribution in [1.29, 1.82) is 0 Å². The van der Waals surface area contributed by atoms with Gasteiger partial charge in [-0.1, -0.05) is 11.8 Å². The first-order chi connectivity index (χ1) is 16.3. The van der Waals surface area contributed by atoms with Gasteiger partial charge in [-0.05, 0) is 38.3 Å². The van der Waals surface area contributed by atoms with Gasteiger partial charge in [-0.3, -0.25) is 4.79 Å². The summed E-state index contributed by atoms with van der Waals surface area (Å²) in [5.74, 6) is 0.567. The molecule has 1 aromatic rings. The molecular weight excluding hydrogens is 458 g/mol. The Bertz CT molecular complexity index is 1030. The zero-order chi connectivity index (χ0) is 24.8. The Morgan fingerprint density at radius 2 is 1.97 bits per heavy atom. The van der Waals surface area contributed by atoms with E-state index in [4.69, 9.17) is 18.9 Å². The number of allylic oxidation sites excluding steroid dienone is 1. The van der Waals surface area contributed by atoms with Crippen molar-refractivity contribution < 1.29 is 28.5 Å². The Morgan fingerprint density at radius 1 is 1.21 bits per heavy atom. The van der Waals surface area contributed by atoms with Crippen molar-refractivity contribution in [3.05, 3.63) is 46.1 Å². The molecule has 0 saturated heterocycles. The molecule has 10 heteroatoms. The molecule has 9 nitrogen and oxygen atoms in total. The molecular formula is C24H31N3O6S. The van der Waals surface area contributed by atoms with E-state index in [0.29, 0.717) is 41.1 Å². The van der Waals surface area contributed by atoms with Gasteiger partial charge < -0.3 is 29.2 Å². The number of nitrogens with one attached hydrogen (secondary N) is 1. The van der Waals surface area contributed by atoms with E-state index in [1.807, 2.05) is 22.4 Å². The third-order valence-electron chi connectivity index (χ3n) is 5.27. The number of esters is 1. The second-order valence-corrected chi connectivity index (χ2v) is 8.81. The number of amidine groups is 1. The highest BCUT2D eigenvalue weighted by molar-refractivity contribution is 8.16. The molecule has 2 aliphatic rings. The van der Waals surface area contributed by atoms with E-state index in [-0.39, 0.29) is 18.4 Å². The molecule has 2 aliphatic heterocycles. The zero-order valence-corrected chi connectivity index (χ0v) is 21.2. The monoisotopic (exact) mass is 489 g/mol. The van der Waals surface area contributed by atoms with E-state index < -0.39 is 12.0 Å². The van der Waals surface area contributed by atoms with E-state index in [0.717, 1.165) is 11.3 Å². The van der Waals surface area contributed by atoms with Gasteiger partial charge in [-0.15, -0.1) is 0 Å². The Balaban J connectivity index is 2.05. The maximum absolute atomic E-state index is 13.3. The number of thioether (sulfide) groups is 1. The third kappa shape index (κ3) is 5.56. The summed E-state index contributed by atoms with van der Waals surface area (Å²) in [6.07, 6.45) is -0.179. The lowest BCUT2D eigenvalue weighted by Crippen LogP contribution is -2.38. The number of nitrogens with zero attached hydrogens (tertiary/aromatic N) is 2. The first-order valence-electron chi connectivity index (χ1n) is 10.9. The average Bonchev–Trinajstić information content (AvgIpc) is 3.19. The summed E-state index contributed by atoms with van der Waals surface area (Å²) in [7, 11) is 4.73. The van der Waals surface area contributed by atoms with Gasteiger partial charge in [-0.2, -0.15) is 0 Å². The molecule has 0 unspecified atom stereocenters. The number of methoxy groups -OCH3 is 3. The third-order valence-corrected chi connectivity index (χ3v) is 6.16. The summed E-state index contributed by atoms with van der Waals surface area (Å²) in [5.41, 5.74) is 2.42. The molecule has 3 rings (SSSR count). The first kappa shape index (κ1) is 25.6. The molecule has 34 heavy (non-hydrogen) atoms. The van der Waals surface area contributed by atoms with Crippen molar-refractivity contribution >= 4 is 28.8 Å². The van der Waals surface area contributed by atoms with Crippen molar-refractivity contribution in [2.24, 2.45) is 4.99 Å². The smallest absolute Gasteiger partial charge is 0.338 e. The molecule has 184 valence electrons. The van der Waals surface area contributed by atoms with Crippen molar-refractivity contribution in [3.63, 3.8) is 0 Å². The van der Waals surface area contributed by atoms with Crippen LogP contribution in [0.1, 0.15) is 38.8 Å². The highest BCUT2D eigenvalue weighted by atomic mass is 32.2. The van der Waals surface area contributed by atoms with Crippen LogP contribution in [0.4, 0.5) is 0 Å². The average molecular weight is 490 g/mol. The number of carbonyl (C=O) groups is 2. The van der Waals surface area contributed by atoms with Crippen molar-refractivity contribution in [3.8, 4) is 11.5 Å². The van der Waals surface area contributed by atoms with E-state index >= 15 is 0 Å². The lowest BCUT2D eigenvalue weighted by Gasteiger charge is -2.37. The fourth-order valence-corrected chi connectivity index (χ4v) is 4.73. The van der Waals surface area contributed by atoms with Crippen LogP contribution in [0.3, 0.4) is 0 Å². The molecule has 1 aromatic carbocycles. The number of benzene rings is 1. The molecule has 0 bridgehead atoms. The van der Waals surface area contributed by atoms with Crippen LogP contribution in [0, 0.1) is 0 Å². The van der Waals surface area contributed by atoms with Crippen LogP contribution in [0.25, 0.3) is 0 Å². The zero-order valence-electron chi connectivity index (χ0n) is 20.3. The topological polar surface area (TPSA) is 98.7 Å². The standard InChI is InChI=1S/C24H31N3O6S/c1-14(2)33-23(29)21-15(3)26-24-27(16(13-34-24)11-20(28)25-9-10-30-4)22(21)18-8-7-17(31-5)12-19(18)32-6/h7-8,12-14,22H,9-11H2,1-6H3,(H,25,28)/t22-/m0/s1. The molecule has 1 atom stereocenters. The summed E-state index contributed by atoms with van der Waals surface area (Å²) < 4.78 is 21.6. The Labute approximate surface area is 204 Å². The highest BCUT2D eigenvalue weighted by Gasteiger charge is 2.42. The summed E-state index contributed by atoms with van der Waals surface area (Å²) >= 11 is 1.41. The van der Waals surface area contributed by atoms with Crippen LogP contribution in [0.2, 0.25) is 0 Å². The van der Waals surface area contributed by atoms with Gasteiger partial charge in [0.1, 0.15) is 11.5 Å². The van der Waals surface area contributed by atoms with Crippen molar-refractivity contribution in [2.45, 2.75) is 39.3 Å². The van der Waals surface area contributed by atoms with Crippen molar-refractivity contribution in [2.75, 3.05) is 34.5 Å². The molecule has 2 heterocycles. The number of hydrogen-bond donors (Lipinski definition) is 1. The maximum atomic E-state index is 13.3. The molecule has 0 radical (unpaired) electrons. The van der Waals surface area contributed by atoms with Crippen LogP contribution in [0.15, 0.2) is 45.6 Å². The number of ether oxygens (including phenoxy) is 4. The van der Waals surface area contributed by atoms with Crippen LogP contribution < -0.4 is 14.8 Å². The van der Waals surface area contributed by atoms with Gasteiger partial charge in [0.2, 0.25) is 5.91 Å². The minimum Gasteiger partial charge on any atom is -0.497 e. The minimum absolute atomic E-state index is 0.121. The molecule has 1 amide bonds. The summed E-state index contributed by atoms with van der Waals surface area (Å²) in [4.78, 5) is 32.4. The van der Waals surface area contributed by atoms with Gasteiger partial charge in [0, 0.05) is 31.0 Å². The van der Waals surface area contributed by atoms with E-state index in [9.17, 15) is 9.59 Å². The minimum atomic E-state index is -0.590. The second-order valence-electron chi connectivity index (χ2n) is 7.97. The number of rotatable bonds is 10. The summed E-state index contributed by atoms with van der Waals surface area (Å²) in [6, 6.07) is 4.85. The Kier molecular flexibility index (Phi) is 8.62. The molecule has 1 N–H and O–H groups in total. The fourth-order valence-electron chi connectivity index (χ4n) is 3.77. The quantitative estimate of drug-likeness (QED) is 0.395. The predicted molar refractivity (Wildman–Crippen MR) is 131 cm³/mol. The molecule has 0 fully saturated rings. The number of amides is 1. The number of aliphatic imine (C=N–C) groups is 1. The summed E-state index contributed by atoms with van der Waals surface area (Å²) in [5, 5.41) is 5.41. The predicted octanol–water partition coefficient (Wildman–Crippen LogP) is 3.38. The normalized spacial score (nSPS) is 17.3. The Morgan fingerprint density at radius 3 is 2.62 bits per heavy atom. The molecule has 0 spiro atoms. The van der Waals surface area contributed by atoms with Gasteiger partial charge in [-0.25, -0.2) is 9.79 Å². The second kappa shape index (κ2) is 11.4. The van der Waals surface area contributed by atoms with E-state index in [2.05, 4.69) is 10.3 Å². The van der Waals surface area contributed by atoms with Crippen molar-refractivity contribution in [1.82, 2.24) is 10.2 Å². The largest absolute Gasteiger partial charge is 0.497 e. The lowest BCUT2D eigenvalue weighted by molar-refractivity contribution is -0.143. The van der Waals surface area contributed by atoms with Crippen LogP contribution >= 0.6 is 11.8 Å². The summed E-state index contributed by atoms with van der Waals surface area (Å²) in [6.45, 7) is 6.23. The molecule has 0 saturated carbocycles. The molecule has 0 aromatic heterocycles. The van der Waals surface area contributed by atoms with E-state index in [1.165, 1.54) is 11.8 Å². The lowest BCUT2D eigenvalue weighted by atomic mass is 9.93. The van der Waals surface area contributed by atoms with Gasteiger partial charge in [0.15, 0.2) is 5.17 Å². The van der Waals surface area contributed by atoms with Gasteiger partial charge in [0.05, 0.1) is 50.7 Å². The van der Waals surface area contributed by atoms with Crippen LogP contribution in [-0.4, -0.2) is 62.5 Å². The number of hydrogen-bond acceptors (Lipinski definition) is 9. The van der Waals surface area contributed by atoms with E-state index in [1.54, 1.807) is 48.2 Å². The number of fused-ring (bicyclic) bond motifs is 1. The van der Waals surface area contributed by atoms with Gasteiger partial charge in [0.25, 0.3) is 0 Å². The van der Waals surface area contributed by atoms with Crippen LogP contribution in [0.5, 0.6) is 11.5 Å².